The first-order valence-electron chi connectivity index (χ1n) is 14.2. The van der Waals surface area contributed by atoms with Gasteiger partial charge in [-0.2, -0.15) is 0 Å². The normalized spacial score (nSPS) is 11.2. The van der Waals surface area contributed by atoms with Crippen LogP contribution in [-0.4, -0.2) is 34.8 Å². The average Bonchev–Trinajstić information content (AvgIpc) is 3.00. The van der Waals surface area contributed by atoms with E-state index in [1.54, 1.807) is 37.2 Å². The van der Waals surface area contributed by atoms with E-state index in [2.05, 4.69) is 41.4 Å². The number of carboxylic acid groups (broad SMARTS) is 1. The molecule has 0 saturated heterocycles. The SMILES string of the molecule is COc1ccc(CCCCCCCCOc2ccc(SCc3ccc4cccnc4c3)nc2C=CCC(=O)O)cc1. The number of nitrogens with zero attached hydrogens (tertiary/aromatic N) is 2. The summed E-state index contributed by atoms with van der Waals surface area (Å²) in [5.74, 6) is 1.48. The summed E-state index contributed by atoms with van der Waals surface area (Å²) in [5, 5.41) is 11.0. The first-order chi connectivity index (χ1) is 20.1. The van der Waals surface area contributed by atoms with Gasteiger partial charge in [-0.05, 0) is 72.9 Å². The van der Waals surface area contributed by atoms with Gasteiger partial charge < -0.3 is 14.6 Å². The first kappa shape index (κ1) is 30.1. The summed E-state index contributed by atoms with van der Waals surface area (Å²) in [4.78, 5) is 20.2. The number of thioether (sulfide) groups is 1. The van der Waals surface area contributed by atoms with Crippen LogP contribution in [0.2, 0.25) is 0 Å². The van der Waals surface area contributed by atoms with Crippen LogP contribution in [0.1, 0.15) is 61.8 Å². The number of benzene rings is 2. The molecule has 0 aliphatic heterocycles. The summed E-state index contributed by atoms with van der Waals surface area (Å²) < 4.78 is 11.3. The van der Waals surface area contributed by atoms with Gasteiger partial charge in [-0.1, -0.05) is 62.1 Å². The number of unbranched alkanes of at least 4 members (excludes halogenated alkanes) is 5. The highest BCUT2D eigenvalue weighted by atomic mass is 32.2. The van der Waals surface area contributed by atoms with Gasteiger partial charge in [0.2, 0.25) is 0 Å². The van der Waals surface area contributed by atoms with E-state index in [0.29, 0.717) is 18.1 Å². The standard InChI is InChI=1S/C34H38N2O4S/c1-39-29-18-15-26(16-19-29)10-6-4-2-3-5-7-23-40-32-20-21-33(36-30(32)12-8-13-34(37)38)41-25-27-14-17-28-11-9-22-35-31(28)24-27/h8-9,11-12,14-22,24H,2-7,10,13,23,25H2,1H3,(H,37,38). The minimum atomic E-state index is -0.872. The quantitative estimate of drug-likeness (QED) is 0.101. The maximum absolute atomic E-state index is 11.0. The Morgan fingerprint density at radius 1 is 0.927 bits per heavy atom. The number of hydrogen-bond donors (Lipinski definition) is 1. The molecule has 0 unspecified atom stereocenters. The highest BCUT2D eigenvalue weighted by Gasteiger charge is 2.07. The Hall–Kier alpha value is -3.84. The summed E-state index contributed by atoms with van der Waals surface area (Å²) in [6.45, 7) is 0.615. The van der Waals surface area contributed by atoms with Gasteiger partial charge >= 0.3 is 5.97 Å². The van der Waals surface area contributed by atoms with E-state index in [4.69, 9.17) is 19.6 Å². The lowest BCUT2D eigenvalue weighted by Crippen LogP contribution is -2.01. The topological polar surface area (TPSA) is 81.5 Å². The van der Waals surface area contributed by atoms with Crippen LogP contribution in [0.4, 0.5) is 0 Å². The number of ether oxygens (including phenoxy) is 2. The van der Waals surface area contributed by atoms with Crippen LogP contribution in [0.15, 0.2) is 84.0 Å². The largest absolute Gasteiger partial charge is 0.497 e. The van der Waals surface area contributed by atoms with Crippen LogP contribution in [0.5, 0.6) is 11.5 Å². The van der Waals surface area contributed by atoms with Gasteiger partial charge in [-0.15, -0.1) is 11.8 Å². The van der Waals surface area contributed by atoms with Crippen molar-refractivity contribution in [1.29, 1.82) is 0 Å². The molecular formula is C34H38N2O4S. The fourth-order valence-corrected chi connectivity index (χ4v) is 5.33. The molecule has 4 rings (SSSR count). The lowest BCUT2D eigenvalue weighted by molar-refractivity contribution is -0.135. The second kappa shape index (κ2) is 16.4. The van der Waals surface area contributed by atoms with E-state index in [9.17, 15) is 4.79 Å². The van der Waals surface area contributed by atoms with E-state index in [1.807, 2.05) is 30.3 Å². The van der Waals surface area contributed by atoms with Crippen molar-refractivity contribution in [1.82, 2.24) is 9.97 Å². The predicted octanol–water partition coefficient (Wildman–Crippen LogP) is 8.38. The van der Waals surface area contributed by atoms with Gasteiger partial charge in [0.05, 0.1) is 30.7 Å². The van der Waals surface area contributed by atoms with Crippen LogP contribution in [0.25, 0.3) is 17.0 Å². The number of rotatable bonds is 17. The molecule has 0 aliphatic rings. The number of aliphatic carboxylic acids is 1. The maximum atomic E-state index is 11.0. The van der Waals surface area contributed by atoms with Crippen LogP contribution in [0.3, 0.4) is 0 Å². The Morgan fingerprint density at radius 2 is 1.71 bits per heavy atom. The summed E-state index contributed by atoms with van der Waals surface area (Å²) in [6, 6.07) is 22.5. The number of methoxy groups -OCH3 is 1. The minimum absolute atomic E-state index is 0.0545. The molecular weight excluding hydrogens is 532 g/mol. The van der Waals surface area contributed by atoms with E-state index in [0.717, 1.165) is 46.7 Å². The molecule has 0 saturated carbocycles. The van der Waals surface area contributed by atoms with Crippen molar-refractivity contribution in [2.45, 2.75) is 62.1 Å². The monoisotopic (exact) mass is 570 g/mol. The van der Waals surface area contributed by atoms with E-state index >= 15 is 0 Å². The predicted molar refractivity (Wildman–Crippen MR) is 167 cm³/mol. The highest BCUT2D eigenvalue weighted by molar-refractivity contribution is 7.98. The molecule has 0 radical (unpaired) electrons. The van der Waals surface area contributed by atoms with E-state index in [1.165, 1.54) is 36.8 Å². The zero-order valence-electron chi connectivity index (χ0n) is 23.6. The zero-order chi connectivity index (χ0) is 28.7. The Labute approximate surface area is 246 Å². The van der Waals surface area contributed by atoms with Gasteiger partial charge in [0, 0.05) is 17.3 Å². The molecule has 0 fully saturated rings. The average molecular weight is 571 g/mol. The summed E-state index contributed by atoms with van der Waals surface area (Å²) in [5.41, 5.74) is 4.17. The number of aromatic nitrogens is 2. The Balaban J connectivity index is 1.21. The number of hydrogen-bond acceptors (Lipinski definition) is 6. The molecule has 214 valence electrons. The molecule has 2 aromatic carbocycles. The second-order valence-electron chi connectivity index (χ2n) is 9.92. The molecule has 2 aromatic heterocycles. The molecule has 0 bridgehead atoms. The Bertz CT molecular complexity index is 1420. The van der Waals surface area contributed by atoms with Gasteiger partial charge in [-0.3, -0.25) is 9.78 Å². The molecule has 0 spiro atoms. The molecule has 6 nitrogen and oxygen atoms in total. The smallest absolute Gasteiger partial charge is 0.307 e. The van der Waals surface area contributed by atoms with Gasteiger partial charge in [0.25, 0.3) is 0 Å². The number of aryl methyl sites for hydroxylation is 1. The number of fused-ring (bicyclic) bond motifs is 1. The molecule has 2 heterocycles. The molecule has 41 heavy (non-hydrogen) atoms. The van der Waals surface area contributed by atoms with Crippen molar-refractivity contribution in [2.75, 3.05) is 13.7 Å². The van der Waals surface area contributed by atoms with Crippen molar-refractivity contribution in [3.63, 3.8) is 0 Å². The minimum Gasteiger partial charge on any atom is -0.497 e. The number of carbonyl (C=O) groups is 1. The van der Waals surface area contributed by atoms with Crippen LogP contribution < -0.4 is 9.47 Å². The third-order valence-electron chi connectivity index (χ3n) is 6.76. The molecule has 0 atom stereocenters. The molecule has 1 N–H and O–H groups in total. The lowest BCUT2D eigenvalue weighted by atomic mass is 10.0. The Kier molecular flexibility index (Phi) is 12.1. The molecule has 4 aromatic rings. The van der Waals surface area contributed by atoms with Crippen LogP contribution >= 0.6 is 11.8 Å². The molecule has 0 aliphatic carbocycles. The zero-order valence-corrected chi connectivity index (χ0v) is 24.4. The van der Waals surface area contributed by atoms with Crippen LogP contribution in [-0.2, 0) is 17.0 Å². The van der Waals surface area contributed by atoms with Gasteiger partial charge in [0.15, 0.2) is 0 Å². The lowest BCUT2D eigenvalue weighted by Gasteiger charge is -2.11. The Morgan fingerprint density at radius 3 is 2.51 bits per heavy atom. The fraction of sp³-hybridized carbons (Fsp3) is 0.324. The third-order valence-corrected chi connectivity index (χ3v) is 7.76. The fourth-order valence-electron chi connectivity index (χ4n) is 4.51. The van der Waals surface area contributed by atoms with Gasteiger partial charge in [-0.25, -0.2) is 4.98 Å². The molecule has 7 heteroatoms. The van der Waals surface area contributed by atoms with E-state index < -0.39 is 5.97 Å². The summed E-state index contributed by atoms with van der Waals surface area (Å²) in [7, 11) is 1.69. The number of pyridine rings is 2. The van der Waals surface area contributed by atoms with Crippen molar-refractivity contribution < 1.29 is 19.4 Å². The van der Waals surface area contributed by atoms with Crippen molar-refractivity contribution >= 4 is 34.7 Å². The van der Waals surface area contributed by atoms with E-state index in [-0.39, 0.29) is 6.42 Å². The first-order valence-corrected chi connectivity index (χ1v) is 15.2. The molecule has 0 amide bonds. The van der Waals surface area contributed by atoms with Crippen molar-refractivity contribution in [3.8, 4) is 11.5 Å². The van der Waals surface area contributed by atoms with Gasteiger partial charge in [0.1, 0.15) is 17.2 Å². The summed E-state index contributed by atoms with van der Waals surface area (Å²) >= 11 is 1.64. The second-order valence-corrected chi connectivity index (χ2v) is 10.9. The van der Waals surface area contributed by atoms with Crippen LogP contribution in [0, 0.1) is 0 Å². The maximum Gasteiger partial charge on any atom is 0.307 e. The number of carboxylic acids is 1. The van der Waals surface area contributed by atoms with Crippen molar-refractivity contribution in [3.05, 3.63) is 95.8 Å². The van der Waals surface area contributed by atoms with Crippen molar-refractivity contribution in [2.24, 2.45) is 0 Å². The third kappa shape index (κ3) is 10.3. The summed E-state index contributed by atoms with van der Waals surface area (Å²) in [6.07, 6.45) is 13.2. The highest BCUT2D eigenvalue weighted by Crippen LogP contribution is 2.27.